The first-order valence-electron chi connectivity index (χ1n) is 9.23. The molecule has 1 atom stereocenters. The Bertz CT molecular complexity index is 477. The van der Waals surface area contributed by atoms with E-state index in [1.165, 1.54) is 0 Å². The van der Waals surface area contributed by atoms with Gasteiger partial charge in [-0.15, -0.1) is 0 Å². The number of carbonyl (C=O) groups is 4. The number of carbonyl (C=O) groups excluding carboxylic acids is 3. The van der Waals surface area contributed by atoms with Crippen LogP contribution in [0.2, 0.25) is 0 Å². The van der Waals surface area contributed by atoms with Crippen molar-refractivity contribution in [1.82, 2.24) is 10.6 Å². The van der Waals surface area contributed by atoms with Crippen LogP contribution < -0.4 is 16.4 Å². The van der Waals surface area contributed by atoms with Gasteiger partial charge in [0.2, 0.25) is 11.8 Å². The molecular weight excluding hydrogens is 390 g/mol. The molecule has 1 unspecified atom stereocenters. The lowest BCUT2D eigenvalue weighted by atomic mass is 10.1. The van der Waals surface area contributed by atoms with Crippen molar-refractivity contribution in [2.75, 3.05) is 65.9 Å². The average molecular weight is 421 g/mol. The minimum absolute atomic E-state index is 0.0324. The number of aldehydes is 1. The maximum absolute atomic E-state index is 11.5. The van der Waals surface area contributed by atoms with Crippen LogP contribution in [0.15, 0.2) is 0 Å². The zero-order valence-corrected chi connectivity index (χ0v) is 16.4. The van der Waals surface area contributed by atoms with E-state index in [2.05, 4.69) is 10.6 Å². The van der Waals surface area contributed by atoms with E-state index in [1.807, 2.05) is 0 Å². The van der Waals surface area contributed by atoms with Crippen molar-refractivity contribution in [2.45, 2.75) is 18.9 Å². The molecule has 0 rings (SSSR count). The van der Waals surface area contributed by atoms with E-state index >= 15 is 0 Å². The average Bonchev–Trinajstić information content (AvgIpc) is 2.69. The molecule has 0 aromatic rings. The standard InChI is InChI=1S/C17H31N3O9/c18-14(17(24)25)1-2-15(22)19-3-6-27-11-12-29-13-16(23)20-4-7-26-9-10-28-8-5-21/h5,14H,1-4,6-13,18H2,(H,19,22)(H,20,23)(H,24,25). The number of amides is 2. The third-order valence-electron chi connectivity index (χ3n) is 3.30. The Morgan fingerprint density at radius 3 is 2.00 bits per heavy atom. The van der Waals surface area contributed by atoms with E-state index in [-0.39, 0.29) is 64.2 Å². The van der Waals surface area contributed by atoms with Gasteiger partial charge in [-0.2, -0.15) is 0 Å². The maximum Gasteiger partial charge on any atom is 0.320 e. The van der Waals surface area contributed by atoms with Crippen molar-refractivity contribution in [1.29, 1.82) is 0 Å². The molecule has 0 heterocycles. The fourth-order valence-electron chi connectivity index (χ4n) is 1.81. The van der Waals surface area contributed by atoms with Gasteiger partial charge in [0.1, 0.15) is 25.5 Å². The normalized spacial score (nSPS) is 11.6. The van der Waals surface area contributed by atoms with Crippen molar-refractivity contribution in [3.05, 3.63) is 0 Å². The number of ether oxygens (including phenoxy) is 4. The summed E-state index contributed by atoms with van der Waals surface area (Å²) in [5.41, 5.74) is 5.30. The summed E-state index contributed by atoms with van der Waals surface area (Å²) in [5.74, 6) is -1.71. The van der Waals surface area contributed by atoms with Crippen molar-refractivity contribution in [3.8, 4) is 0 Å². The number of carboxylic acids is 1. The van der Waals surface area contributed by atoms with Crippen molar-refractivity contribution in [3.63, 3.8) is 0 Å². The first kappa shape index (κ1) is 26.9. The second kappa shape index (κ2) is 19.2. The van der Waals surface area contributed by atoms with Crippen molar-refractivity contribution >= 4 is 24.1 Å². The summed E-state index contributed by atoms with van der Waals surface area (Å²) in [6, 6.07) is -1.05. The second-order valence-corrected chi connectivity index (χ2v) is 5.70. The molecule has 0 saturated carbocycles. The van der Waals surface area contributed by atoms with E-state index in [0.29, 0.717) is 32.7 Å². The Morgan fingerprint density at radius 2 is 1.41 bits per heavy atom. The highest BCUT2D eigenvalue weighted by Crippen LogP contribution is 1.94. The zero-order chi connectivity index (χ0) is 21.7. The van der Waals surface area contributed by atoms with Crippen LogP contribution in [0.3, 0.4) is 0 Å². The number of nitrogens with two attached hydrogens (primary N) is 1. The van der Waals surface area contributed by atoms with E-state index in [9.17, 15) is 19.2 Å². The van der Waals surface area contributed by atoms with Gasteiger partial charge in [0.05, 0.1) is 39.6 Å². The fourth-order valence-corrected chi connectivity index (χ4v) is 1.81. The van der Waals surface area contributed by atoms with E-state index < -0.39 is 12.0 Å². The molecule has 2 amide bonds. The van der Waals surface area contributed by atoms with Crippen LogP contribution in [0.4, 0.5) is 0 Å². The monoisotopic (exact) mass is 421 g/mol. The van der Waals surface area contributed by atoms with Gasteiger partial charge in [0.25, 0.3) is 0 Å². The Balaban J connectivity index is 3.35. The number of hydrogen-bond acceptors (Lipinski definition) is 9. The van der Waals surface area contributed by atoms with Gasteiger partial charge >= 0.3 is 5.97 Å². The highest BCUT2D eigenvalue weighted by Gasteiger charge is 2.13. The molecule has 12 heteroatoms. The van der Waals surface area contributed by atoms with E-state index in [0.717, 1.165) is 0 Å². The predicted octanol–water partition coefficient (Wildman–Crippen LogP) is -2.32. The lowest BCUT2D eigenvalue weighted by Crippen LogP contribution is -2.33. The zero-order valence-electron chi connectivity index (χ0n) is 16.4. The maximum atomic E-state index is 11.5. The molecule has 0 aliphatic carbocycles. The van der Waals surface area contributed by atoms with Crippen LogP contribution in [0.1, 0.15) is 12.8 Å². The minimum atomic E-state index is -1.14. The molecule has 0 fully saturated rings. The van der Waals surface area contributed by atoms with Crippen molar-refractivity contribution < 1.29 is 43.2 Å². The Hall–Kier alpha value is -2.12. The number of hydrogen-bond donors (Lipinski definition) is 4. The van der Waals surface area contributed by atoms with Gasteiger partial charge in [-0.25, -0.2) is 0 Å². The summed E-state index contributed by atoms with van der Waals surface area (Å²) in [4.78, 5) is 43.5. The molecule has 5 N–H and O–H groups in total. The van der Waals surface area contributed by atoms with E-state index in [1.54, 1.807) is 0 Å². The van der Waals surface area contributed by atoms with Crippen LogP contribution in [-0.4, -0.2) is 101 Å². The van der Waals surface area contributed by atoms with Crippen LogP contribution in [0.25, 0.3) is 0 Å². The summed E-state index contributed by atoms with van der Waals surface area (Å²) in [6.07, 6.45) is 0.762. The third kappa shape index (κ3) is 19.0. The largest absolute Gasteiger partial charge is 0.480 e. The predicted molar refractivity (Wildman–Crippen MR) is 100 cm³/mol. The molecule has 168 valence electrons. The number of rotatable bonds is 20. The van der Waals surface area contributed by atoms with Gasteiger partial charge in [-0.1, -0.05) is 0 Å². The van der Waals surface area contributed by atoms with Crippen LogP contribution in [-0.2, 0) is 38.1 Å². The molecule has 0 aliphatic rings. The molecule has 0 radical (unpaired) electrons. The summed E-state index contributed by atoms with van der Waals surface area (Å²) < 4.78 is 20.5. The molecule has 0 saturated heterocycles. The van der Waals surface area contributed by atoms with Crippen molar-refractivity contribution in [2.24, 2.45) is 5.73 Å². The molecule has 0 aromatic heterocycles. The van der Waals surface area contributed by atoms with Gasteiger partial charge in [0.15, 0.2) is 0 Å². The Morgan fingerprint density at radius 1 is 0.862 bits per heavy atom. The van der Waals surface area contributed by atoms with Crippen LogP contribution in [0.5, 0.6) is 0 Å². The van der Waals surface area contributed by atoms with Gasteiger partial charge in [0, 0.05) is 19.5 Å². The number of nitrogens with one attached hydrogen (secondary N) is 2. The SMILES string of the molecule is NC(CCC(=O)NCCOCCOCC(=O)NCCOCCOCC=O)C(=O)O. The van der Waals surface area contributed by atoms with Gasteiger partial charge in [-0.05, 0) is 6.42 Å². The molecular formula is C17H31N3O9. The lowest BCUT2D eigenvalue weighted by molar-refractivity contribution is -0.138. The molecule has 0 aliphatic heterocycles. The van der Waals surface area contributed by atoms with Gasteiger partial charge < -0.3 is 45.2 Å². The first-order valence-corrected chi connectivity index (χ1v) is 9.23. The Labute approximate surface area is 169 Å². The van der Waals surface area contributed by atoms with Crippen LogP contribution in [0, 0.1) is 0 Å². The first-order chi connectivity index (χ1) is 14.0. The topological polar surface area (TPSA) is 176 Å². The molecule has 0 bridgehead atoms. The third-order valence-corrected chi connectivity index (χ3v) is 3.30. The highest BCUT2D eigenvalue weighted by molar-refractivity contribution is 5.78. The fraction of sp³-hybridized carbons (Fsp3) is 0.765. The molecule has 12 nitrogen and oxygen atoms in total. The summed E-state index contributed by atoms with van der Waals surface area (Å²) in [6.45, 7) is 2.28. The lowest BCUT2D eigenvalue weighted by Gasteiger charge is -2.09. The summed E-state index contributed by atoms with van der Waals surface area (Å²) >= 11 is 0. The second-order valence-electron chi connectivity index (χ2n) is 5.70. The minimum Gasteiger partial charge on any atom is -0.480 e. The molecule has 0 aromatic carbocycles. The smallest absolute Gasteiger partial charge is 0.320 e. The summed E-state index contributed by atoms with van der Waals surface area (Å²) in [7, 11) is 0. The van der Waals surface area contributed by atoms with Gasteiger partial charge in [-0.3, -0.25) is 14.4 Å². The molecule has 29 heavy (non-hydrogen) atoms. The quantitative estimate of drug-likeness (QED) is 0.123. The Kier molecular flexibility index (Phi) is 17.8. The number of carboxylic acid groups (broad SMARTS) is 1. The number of aliphatic carboxylic acids is 1. The van der Waals surface area contributed by atoms with Crippen LogP contribution >= 0.6 is 0 Å². The highest BCUT2D eigenvalue weighted by atomic mass is 16.5. The molecule has 0 spiro atoms. The van der Waals surface area contributed by atoms with E-state index in [4.69, 9.17) is 29.8 Å². The summed E-state index contributed by atoms with van der Waals surface area (Å²) in [5, 5.41) is 13.8.